The minimum atomic E-state index is -1.30. The zero-order valence-corrected chi connectivity index (χ0v) is 35.7. The molecule has 5 fully saturated rings. The summed E-state index contributed by atoms with van der Waals surface area (Å²) in [5, 5.41) is 13.7. The van der Waals surface area contributed by atoms with Crippen molar-refractivity contribution in [1.29, 1.82) is 0 Å². The van der Waals surface area contributed by atoms with Crippen LogP contribution in [0.2, 0.25) is 0 Å². The summed E-state index contributed by atoms with van der Waals surface area (Å²) in [6.45, 7) is 7.57. The maximum absolute atomic E-state index is 16.4. The van der Waals surface area contributed by atoms with Crippen molar-refractivity contribution in [3.63, 3.8) is 0 Å². The number of imide groups is 1. The third-order valence-corrected chi connectivity index (χ3v) is 13.6. The number of fused-ring (bicyclic) bond motifs is 3. The number of aromatic nitrogens is 2. The van der Waals surface area contributed by atoms with Gasteiger partial charge in [-0.1, -0.05) is 12.1 Å². The van der Waals surface area contributed by atoms with Crippen molar-refractivity contribution < 1.29 is 28.2 Å². The number of hydrogen-bond acceptors (Lipinski definition) is 12. The average molecular weight is 866 g/mol. The highest BCUT2D eigenvalue weighted by atomic mass is 19.1. The van der Waals surface area contributed by atoms with Crippen LogP contribution in [-0.2, 0) is 4.79 Å². The highest BCUT2D eigenvalue weighted by Gasteiger charge is 2.42. The predicted molar refractivity (Wildman–Crippen MR) is 238 cm³/mol. The number of benzene rings is 2. The lowest BCUT2D eigenvalue weighted by Gasteiger charge is -2.44. The monoisotopic (exact) mass is 865 g/mol. The van der Waals surface area contributed by atoms with E-state index in [4.69, 9.17) is 26.9 Å². The SMILES string of the molecule is Cc1cn(C2CCN(CC3(F)CCN(CCOc4cc(N5C6CCC5CN(C(/C=C(\N)c5ccccc5O)=C(N)N)C6)ccc4F)CC3)C2)c2ncc(N3CCC(=O)NC3=O)cc12. The van der Waals surface area contributed by atoms with E-state index >= 15 is 8.78 Å². The number of alkyl halides is 1. The summed E-state index contributed by atoms with van der Waals surface area (Å²) in [6.07, 6.45) is 9.37. The summed E-state index contributed by atoms with van der Waals surface area (Å²) in [5.74, 6) is -0.277. The summed E-state index contributed by atoms with van der Waals surface area (Å²) < 4.78 is 39.8. The van der Waals surface area contributed by atoms with Crippen LogP contribution >= 0.6 is 0 Å². The zero-order chi connectivity index (χ0) is 44.0. The van der Waals surface area contributed by atoms with Gasteiger partial charge >= 0.3 is 6.03 Å². The number of anilines is 2. The summed E-state index contributed by atoms with van der Waals surface area (Å²) in [6, 6.07) is 13.9. The fourth-order valence-electron chi connectivity index (χ4n) is 10.3. The van der Waals surface area contributed by atoms with Crippen LogP contribution in [0.25, 0.3) is 16.7 Å². The first-order chi connectivity index (χ1) is 30.3. The Bertz CT molecular complexity index is 2430. The van der Waals surface area contributed by atoms with Crippen molar-refractivity contribution in [2.24, 2.45) is 17.2 Å². The zero-order valence-electron chi connectivity index (χ0n) is 35.7. The number of rotatable bonds is 12. The van der Waals surface area contributed by atoms with Gasteiger partial charge in [0.2, 0.25) is 5.91 Å². The number of piperidine rings is 1. The molecule has 4 aromatic rings. The molecule has 0 radical (unpaired) electrons. The second-order valence-electron chi connectivity index (χ2n) is 17.8. The first kappa shape index (κ1) is 42.2. The number of nitrogens with one attached hydrogen (secondary N) is 1. The number of piperazine rings is 1. The molecule has 17 heteroatoms. The number of aromatic hydroxyl groups is 1. The molecule has 3 atom stereocenters. The molecule has 9 rings (SSSR count). The molecule has 8 N–H and O–H groups in total. The van der Waals surface area contributed by atoms with Crippen LogP contribution in [0.15, 0.2) is 78.5 Å². The number of nitrogens with two attached hydrogens (primary N) is 3. The van der Waals surface area contributed by atoms with Gasteiger partial charge in [0.15, 0.2) is 11.6 Å². The van der Waals surface area contributed by atoms with Gasteiger partial charge < -0.3 is 41.4 Å². The number of ether oxygens (including phenoxy) is 1. The molecular formula is C46H57F2N11O4. The molecule has 3 amide bonds. The number of pyridine rings is 1. The van der Waals surface area contributed by atoms with E-state index in [0.717, 1.165) is 54.6 Å². The third kappa shape index (κ3) is 8.68. The molecule has 2 aromatic carbocycles. The molecule has 15 nitrogen and oxygen atoms in total. The summed E-state index contributed by atoms with van der Waals surface area (Å²) in [5.41, 5.74) is 22.4. The minimum Gasteiger partial charge on any atom is -0.507 e. The predicted octanol–water partition coefficient (Wildman–Crippen LogP) is 4.50. The number of urea groups is 1. The molecular weight excluding hydrogens is 809 g/mol. The van der Waals surface area contributed by atoms with Gasteiger partial charge in [-0.3, -0.25) is 24.8 Å². The Labute approximate surface area is 365 Å². The Morgan fingerprint density at radius 2 is 1.71 bits per heavy atom. The lowest BCUT2D eigenvalue weighted by molar-refractivity contribution is -0.120. The van der Waals surface area contributed by atoms with Crippen LogP contribution in [0, 0.1) is 12.7 Å². The lowest BCUT2D eigenvalue weighted by Crippen LogP contribution is -2.53. The minimum absolute atomic E-state index is 0.0734. The van der Waals surface area contributed by atoms with Crippen molar-refractivity contribution in [3.8, 4) is 11.5 Å². The van der Waals surface area contributed by atoms with Crippen LogP contribution in [-0.4, -0.2) is 125 Å². The summed E-state index contributed by atoms with van der Waals surface area (Å²) in [7, 11) is 0. The van der Waals surface area contributed by atoms with E-state index in [0.29, 0.717) is 81.3 Å². The first-order valence-corrected chi connectivity index (χ1v) is 22.0. The molecule has 7 heterocycles. The van der Waals surface area contributed by atoms with E-state index in [1.807, 2.05) is 13.0 Å². The maximum atomic E-state index is 16.4. The number of nitrogens with zero attached hydrogens (tertiary/aromatic N) is 7. The van der Waals surface area contributed by atoms with Crippen LogP contribution in [0.1, 0.15) is 55.7 Å². The average Bonchev–Trinajstić information content (AvgIpc) is 3.93. The fourth-order valence-corrected chi connectivity index (χ4v) is 10.3. The van der Waals surface area contributed by atoms with Gasteiger partial charge in [0, 0.05) is 118 Å². The van der Waals surface area contributed by atoms with Crippen molar-refractivity contribution in [1.82, 2.24) is 29.6 Å². The molecule has 0 spiro atoms. The molecule has 334 valence electrons. The van der Waals surface area contributed by atoms with Gasteiger partial charge in [-0.05, 0) is 81.0 Å². The number of para-hydroxylation sites is 1. The molecule has 5 aliphatic rings. The van der Waals surface area contributed by atoms with Crippen LogP contribution in [0.5, 0.6) is 11.5 Å². The van der Waals surface area contributed by atoms with Gasteiger partial charge in [0.1, 0.15) is 29.5 Å². The molecule has 3 unspecified atom stereocenters. The number of allylic oxidation sites excluding steroid dienone is 1. The Hall–Kier alpha value is -6.07. The van der Waals surface area contributed by atoms with E-state index in [2.05, 4.69) is 35.7 Å². The second kappa shape index (κ2) is 17.2. The number of phenols is 1. The standard InChI is InChI=1S/C46H57F2N11O4/c1-29-24-58(44-36(29)20-34(23-52-44)57-15-11-42(61)53-45(57)62)31-10-14-55(25-31)28-46(48)12-16-54(17-13-46)18-19-63-41-21-30(8-9-37(41)47)59-32-6-7-33(59)27-56(26-32)39(43(50)51)22-38(49)35-4-2-3-5-40(35)60/h2-5,8-9,20-24,31-33,60H,6-7,10-19,25-28,49-51H2,1H3,(H,53,61,62)/b38-22-. The first-order valence-electron chi connectivity index (χ1n) is 22.0. The smallest absolute Gasteiger partial charge is 0.328 e. The van der Waals surface area contributed by atoms with Crippen LogP contribution in [0.4, 0.5) is 25.0 Å². The van der Waals surface area contributed by atoms with Crippen molar-refractivity contribution in [2.75, 3.05) is 75.3 Å². The van der Waals surface area contributed by atoms with Gasteiger partial charge in [-0.15, -0.1) is 0 Å². The quantitative estimate of drug-likeness (QED) is 0.126. The Morgan fingerprint density at radius 3 is 2.44 bits per heavy atom. The molecule has 63 heavy (non-hydrogen) atoms. The number of phenolic OH excluding ortho intramolecular Hbond substituents is 1. The van der Waals surface area contributed by atoms with Gasteiger partial charge in [0.25, 0.3) is 0 Å². The van der Waals surface area contributed by atoms with Crippen molar-refractivity contribution in [2.45, 2.75) is 69.2 Å². The van der Waals surface area contributed by atoms with E-state index in [9.17, 15) is 14.7 Å². The Balaban J connectivity index is 0.755. The lowest BCUT2D eigenvalue weighted by atomic mass is 9.92. The number of carbonyl (C=O) groups excluding carboxylic acids is 2. The second-order valence-corrected chi connectivity index (χ2v) is 17.8. The number of carbonyl (C=O) groups is 2. The Morgan fingerprint density at radius 1 is 0.952 bits per heavy atom. The normalized spacial score (nSPS) is 23.1. The largest absolute Gasteiger partial charge is 0.507 e. The Kier molecular flexibility index (Phi) is 11.6. The number of amides is 3. The topological polar surface area (TPSA) is 188 Å². The maximum Gasteiger partial charge on any atom is 0.328 e. The van der Waals surface area contributed by atoms with E-state index in [1.165, 1.54) is 6.07 Å². The number of hydrogen-bond donors (Lipinski definition) is 5. The van der Waals surface area contributed by atoms with Gasteiger partial charge in [-0.25, -0.2) is 18.6 Å². The molecule has 0 saturated carbocycles. The molecule has 5 saturated heterocycles. The molecule has 2 bridgehead atoms. The highest BCUT2D eigenvalue weighted by molar-refractivity contribution is 6.06. The van der Waals surface area contributed by atoms with E-state index in [1.54, 1.807) is 53.6 Å². The third-order valence-electron chi connectivity index (χ3n) is 13.6. The number of aryl methyl sites for hydroxylation is 1. The summed E-state index contributed by atoms with van der Waals surface area (Å²) in [4.78, 5) is 39.3. The molecule has 0 aliphatic carbocycles. The summed E-state index contributed by atoms with van der Waals surface area (Å²) >= 11 is 0. The fraction of sp³-hybridized carbons (Fsp3) is 0.457. The van der Waals surface area contributed by atoms with E-state index < -0.39 is 17.5 Å². The van der Waals surface area contributed by atoms with Gasteiger partial charge in [-0.2, -0.15) is 0 Å². The van der Waals surface area contributed by atoms with Crippen molar-refractivity contribution >= 4 is 40.0 Å². The molecule has 2 aromatic heterocycles. The van der Waals surface area contributed by atoms with Crippen LogP contribution in [0.3, 0.4) is 0 Å². The van der Waals surface area contributed by atoms with Crippen molar-refractivity contribution in [3.05, 3.63) is 95.5 Å². The van der Waals surface area contributed by atoms with Gasteiger partial charge in [0.05, 0.1) is 17.6 Å². The van der Waals surface area contributed by atoms with E-state index in [-0.39, 0.29) is 54.4 Å². The van der Waals surface area contributed by atoms with Crippen LogP contribution < -0.4 is 37.1 Å². The number of halogens is 2. The number of likely N-dealkylation sites (tertiary alicyclic amines) is 3. The highest BCUT2D eigenvalue weighted by Crippen LogP contribution is 2.39. The molecule has 5 aliphatic heterocycles.